The summed E-state index contributed by atoms with van der Waals surface area (Å²) >= 11 is 1.83. The van der Waals surface area contributed by atoms with Crippen molar-refractivity contribution < 1.29 is 4.79 Å². The molecule has 3 N–H and O–H groups in total. The van der Waals surface area contributed by atoms with Gasteiger partial charge in [0.25, 0.3) is 5.91 Å². The Bertz CT molecular complexity index is 786. The Hall–Kier alpha value is -1.72. The number of pyridine rings is 1. The third-order valence-corrected chi connectivity index (χ3v) is 6.17. The van der Waals surface area contributed by atoms with Gasteiger partial charge < -0.3 is 16.0 Å². The molecule has 0 radical (unpaired) electrons. The fourth-order valence-corrected chi connectivity index (χ4v) is 4.77. The van der Waals surface area contributed by atoms with Crippen LogP contribution in [0, 0.1) is 5.92 Å². The first-order valence-electron chi connectivity index (χ1n) is 10.1. The summed E-state index contributed by atoms with van der Waals surface area (Å²) in [6.45, 7) is 3.13. The molecular weight excluding hydrogens is 511 g/mol. The number of thiophene rings is 1. The van der Waals surface area contributed by atoms with Gasteiger partial charge in [-0.1, -0.05) is 6.07 Å². The molecule has 0 aromatic carbocycles. The van der Waals surface area contributed by atoms with Crippen LogP contribution < -0.4 is 16.0 Å². The third kappa shape index (κ3) is 6.92. The molecule has 9 heteroatoms. The highest BCUT2D eigenvalue weighted by Crippen LogP contribution is 2.36. The largest absolute Gasteiger partial charge is 0.356 e. The highest BCUT2D eigenvalue weighted by molar-refractivity contribution is 14.0. The second-order valence-electron chi connectivity index (χ2n) is 7.22. The molecule has 3 heterocycles. The molecule has 2 atom stereocenters. The fraction of sp³-hybridized carbons (Fsp3) is 0.476. The lowest BCUT2D eigenvalue weighted by molar-refractivity contribution is 0.0954. The van der Waals surface area contributed by atoms with E-state index in [1.807, 2.05) is 11.3 Å². The second kappa shape index (κ2) is 12.9. The van der Waals surface area contributed by atoms with E-state index >= 15 is 0 Å². The van der Waals surface area contributed by atoms with E-state index in [9.17, 15) is 4.79 Å². The average Bonchev–Trinajstić information content (AvgIpc) is 3.28. The summed E-state index contributed by atoms with van der Waals surface area (Å²) in [5, 5.41) is 11.8. The van der Waals surface area contributed by atoms with E-state index in [0.717, 1.165) is 19.0 Å². The Morgan fingerprint density at radius 1 is 1.27 bits per heavy atom. The van der Waals surface area contributed by atoms with Gasteiger partial charge >= 0.3 is 0 Å². The molecule has 7 nitrogen and oxygen atoms in total. The number of carbonyl (C=O) groups is 1. The number of piperidine rings is 1. The van der Waals surface area contributed by atoms with Gasteiger partial charge in [-0.3, -0.25) is 19.7 Å². The first-order chi connectivity index (χ1) is 14.2. The zero-order valence-corrected chi connectivity index (χ0v) is 20.7. The topological polar surface area (TPSA) is 81.6 Å². The molecule has 2 aromatic heterocycles. The molecule has 30 heavy (non-hydrogen) atoms. The van der Waals surface area contributed by atoms with Gasteiger partial charge in [0, 0.05) is 50.0 Å². The van der Waals surface area contributed by atoms with Gasteiger partial charge in [-0.2, -0.15) is 0 Å². The third-order valence-electron chi connectivity index (χ3n) is 5.22. The Kier molecular flexibility index (Phi) is 10.5. The summed E-state index contributed by atoms with van der Waals surface area (Å²) in [5.41, 5.74) is 0.566. The first kappa shape index (κ1) is 24.5. The smallest absolute Gasteiger partial charge is 0.252 e. The highest BCUT2D eigenvalue weighted by Gasteiger charge is 2.31. The minimum Gasteiger partial charge on any atom is -0.356 e. The summed E-state index contributed by atoms with van der Waals surface area (Å²) in [6.07, 6.45) is 5.64. The zero-order chi connectivity index (χ0) is 20.5. The van der Waals surface area contributed by atoms with Crippen molar-refractivity contribution >= 4 is 47.2 Å². The maximum Gasteiger partial charge on any atom is 0.252 e. The number of hydrogen-bond donors (Lipinski definition) is 3. The molecule has 3 rings (SSSR count). The number of hydrogen-bond acceptors (Lipinski definition) is 5. The minimum atomic E-state index is -0.119. The normalized spacial score (nSPS) is 19.6. The van der Waals surface area contributed by atoms with Gasteiger partial charge in [0.2, 0.25) is 0 Å². The first-order valence-corrected chi connectivity index (χ1v) is 10.9. The van der Waals surface area contributed by atoms with Crippen LogP contribution in [0.25, 0.3) is 0 Å². The van der Waals surface area contributed by atoms with Crippen molar-refractivity contribution in [2.24, 2.45) is 10.9 Å². The van der Waals surface area contributed by atoms with Crippen LogP contribution in [0.3, 0.4) is 0 Å². The van der Waals surface area contributed by atoms with Gasteiger partial charge in [0.1, 0.15) is 0 Å². The predicted molar refractivity (Wildman–Crippen MR) is 134 cm³/mol. The van der Waals surface area contributed by atoms with Crippen LogP contribution in [0.2, 0.25) is 0 Å². The summed E-state index contributed by atoms with van der Waals surface area (Å²) in [5.74, 6) is 1.18. The molecule has 0 saturated carbocycles. The van der Waals surface area contributed by atoms with E-state index in [0.29, 0.717) is 30.6 Å². The van der Waals surface area contributed by atoms with Crippen molar-refractivity contribution in [1.82, 2.24) is 25.8 Å². The number of aromatic nitrogens is 1. The van der Waals surface area contributed by atoms with E-state index < -0.39 is 0 Å². The number of amides is 1. The van der Waals surface area contributed by atoms with Gasteiger partial charge in [-0.05, 0) is 55.9 Å². The molecule has 0 bridgehead atoms. The van der Waals surface area contributed by atoms with E-state index in [1.54, 1.807) is 31.6 Å². The Balaban J connectivity index is 0.00000320. The fourth-order valence-electron chi connectivity index (χ4n) is 3.79. The maximum absolute atomic E-state index is 12.0. The number of rotatable bonds is 7. The maximum atomic E-state index is 12.0. The van der Waals surface area contributed by atoms with Crippen molar-refractivity contribution in [1.29, 1.82) is 0 Å². The van der Waals surface area contributed by atoms with Crippen LogP contribution in [0.4, 0.5) is 0 Å². The molecule has 1 amide bonds. The van der Waals surface area contributed by atoms with Crippen molar-refractivity contribution in [3.05, 3.63) is 52.5 Å². The van der Waals surface area contributed by atoms with Gasteiger partial charge in [-0.15, -0.1) is 35.3 Å². The van der Waals surface area contributed by atoms with E-state index in [-0.39, 0.29) is 29.9 Å². The van der Waals surface area contributed by atoms with Crippen LogP contribution in [-0.2, 0) is 0 Å². The lowest BCUT2D eigenvalue weighted by Crippen LogP contribution is -2.46. The van der Waals surface area contributed by atoms with Crippen molar-refractivity contribution in [3.63, 3.8) is 0 Å². The Morgan fingerprint density at radius 3 is 2.80 bits per heavy atom. The second-order valence-corrected chi connectivity index (χ2v) is 8.20. The van der Waals surface area contributed by atoms with Gasteiger partial charge in [0.05, 0.1) is 5.56 Å². The molecule has 0 spiro atoms. The van der Waals surface area contributed by atoms with Crippen molar-refractivity contribution in [2.75, 3.05) is 40.3 Å². The van der Waals surface area contributed by atoms with Crippen molar-refractivity contribution in [2.45, 2.75) is 18.9 Å². The number of nitrogens with one attached hydrogen (secondary N) is 3. The SMILES string of the molecule is CN=C(NCCNC(=O)c1cccnc1)NCC1CCCN(C)C1c1cccs1.I. The van der Waals surface area contributed by atoms with Crippen LogP contribution in [0.5, 0.6) is 0 Å². The summed E-state index contributed by atoms with van der Waals surface area (Å²) in [7, 11) is 3.99. The number of guanidine groups is 1. The summed E-state index contributed by atoms with van der Waals surface area (Å²) in [4.78, 5) is 24.2. The monoisotopic (exact) mass is 542 g/mol. The molecule has 1 aliphatic rings. The molecule has 2 unspecified atom stereocenters. The van der Waals surface area contributed by atoms with E-state index in [2.05, 4.69) is 55.4 Å². The predicted octanol–water partition coefficient (Wildman–Crippen LogP) is 2.74. The van der Waals surface area contributed by atoms with Crippen molar-refractivity contribution in [3.8, 4) is 0 Å². The van der Waals surface area contributed by atoms with Crippen LogP contribution in [0.1, 0.15) is 34.1 Å². The van der Waals surface area contributed by atoms with Crippen LogP contribution in [-0.4, -0.2) is 62.0 Å². The lowest BCUT2D eigenvalue weighted by Gasteiger charge is -2.39. The van der Waals surface area contributed by atoms with Crippen LogP contribution in [0.15, 0.2) is 47.0 Å². The molecule has 1 saturated heterocycles. The zero-order valence-electron chi connectivity index (χ0n) is 17.5. The highest BCUT2D eigenvalue weighted by atomic mass is 127. The number of halogens is 1. The minimum absolute atomic E-state index is 0. The quantitative estimate of drug-likeness (QED) is 0.217. The van der Waals surface area contributed by atoms with Gasteiger partial charge in [0.15, 0.2) is 5.96 Å². The van der Waals surface area contributed by atoms with Crippen LogP contribution >= 0.6 is 35.3 Å². The standard InChI is InChI=1S/C21H30N6OS.HI/c1-22-21(25-11-10-24-20(28)17-6-3-9-23-14-17)26-15-16-7-4-12-27(2)19(16)18-8-5-13-29-18;/h3,5-6,8-9,13-14,16,19H,4,7,10-12,15H2,1-2H3,(H,24,28)(H2,22,25,26);1H. The summed E-state index contributed by atoms with van der Waals surface area (Å²) < 4.78 is 0. The molecule has 0 aliphatic carbocycles. The Labute approximate surface area is 199 Å². The summed E-state index contributed by atoms with van der Waals surface area (Å²) in [6, 6.07) is 8.33. The molecule has 1 aliphatic heterocycles. The number of likely N-dealkylation sites (tertiary alicyclic amines) is 1. The molecule has 1 fully saturated rings. The number of nitrogens with zero attached hydrogens (tertiary/aromatic N) is 3. The molecular formula is C21H31IN6OS. The molecule has 164 valence electrons. The molecule has 2 aromatic rings. The Morgan fingerprint density at radius 2 is 2.10 bits per heavy atom. The van der Waals surface area contributed by atoms with E-state index in [1.165, 1.54) is 17.7 Å². The van der Waals surface area contributed by atoms with E-state index in [4.69, 9.17) is 0 Å². The van der Waals surface area contributed by atoms with Gasteiger partial charge in [-0.25, -0.2) is 0 Å². The number of aliphatic imine (C=N–C) groups is 1. The lowest BCUT2D eigenvalue weighted by atomic mass is 9.88. The number of carbonyl (C=O) groups excluding carboxylic acids is 1. The average molecular weight is 542 g/mol.